The maximum absolute atomic E-state index is 12.6. The summed E-state index contributed by atoms with van der Waals surface area (Å²) in [7, 11) is 0. The molecule has 3 heterocycles. The highest BCUT2D eigenvalue weighted by molar-refractivity contribution is 5.79. The van der Waals surface area contributed by atoms with Gasteiger partial charge in [-0.2, -0.15) is 0 Å². The lowest BCUT2D eigenvalue weighted by Gasteiger charge is -2.41. The van der Waals surface area contributed by atoms with E-state index in [1.807, 2.05) is 0 Å². The van der Waals surface area contributed by atoms with Crippen molar-refractivity contribution in [1.82, 2.24) is 15.1 Å². The molecule has 114 valence electrons. The fraction of sp³-hybridized carbons (Fsp3) is 0.938. The van der Waals surface area contributed by atoms with E-state index >= 15 is 0 Å². The minimum absolute atomic E-state index is 0.356. The average Bonchev–Trinajstić information content (AvgIpc) is 2.85. The van der Waals surface area contributed by atoms with E-state index in [1.165, 1.54) is 32.1 Å². The molecule has 0 aliphatic carbocycles. The normalized spacial score (nSPS) is 38.8. The van der Waals surface area contributed by atoms with Gasteiger partial charge in [-0.3, -0.25) is 9.69 Å². The third kappa shape index (κ3) is 2.86. The predicted molar refractivity (Wildman–Crippen MR) is 80.6 cm³/mol. The van der Waals surface area contributed by atoms with Gasteiger partial charge in [0.05, 0.1) is 6.54 Å². The van der Waals surface area contributed by atoms with Gasteiger partial charge in [-0.05, 0) is 58.4 Å². The Morgan fingerprint density at radius 1 is 1.15 bits per heavy atom. The molecule has 0 radical (unpaired) electrons. The highest BCUT2D eigenvalue weighted by Gasteiger charge is 2.35. The summed E-state index contributed by atoms with van der Waals surface area (Å²) in [6, 6.07) is 1.57. The number of hydrogen-bond donors (Lipinski definition) is 1. The van der Waals surface area contributed by atoms with Crippen LogP contribution in [0.15, 0.2) is 0 Å². The van der Waals surface area contributed by atoms with Gasteiger partial charge in [0, 0.05) is 31.2 Å². The van der Waals surface area contributed by atoms with Gasteiger partial charge in [0.25, 0.3) is 0 Å². The number of piperidine rings is 2. The quantitative estimate of drug-likeness (QED) is 0.831. The highest BCUT2D eigenvalue weighted by Crippen LogP contribution is 2.26. The van der Waals surface area contributed by atoms with Crippen molar-refractivity contribution < 1.29 is 4.79 Å². The van der Waals surface area contributed by atoms with Crippen molar-refractivity contribution in [2.75, 3.05) is 26.2 Å². The molecular weight excluding hydrogens is 250 g/mol. The number of rotatable bonds is 2. The number of hydrogen-bond acceptors (Lipinski definition) is 3. The summed E-state index contributed by atoms with van der Waals surface area (Å²) in [5, 5.41) is 3.59. The minimum atomic E-state index is 0.356. The fourth-order valence-corrected chi connectivity index (χ4v) is 4.45. The molecule has 0 bridgehead atoms. The average molecular weight is 279 g/mol. The molecule has 4 atom stereocenters. The number of likely N-dealkylation sites (tertiary alicyclic amines) is 2. The molecule has 1 amide bonds. The first kappa shape index (κ1) is 14.3. The standard InChI is InChI=1S/C16H29N3O/c1-12-4-3-5-13(2)19(12)16(20)11-18-9-7-15-14(10-18)6-8-17-15/h12-15,17H,3-11H2,1-2H3. The Morgan fingerprint density at radius 3 is 2.65 bits per heavy atom. The van der Waals surface area contributed by atoms with Gasteiger partial charge in [-0.15, -0.1) is 0 Å². The van der Waals surface area contributed by atoms with Gasteiger partial charge < -0.3 is 10.2 Å². The third-order valence-corrected chi connectivity index (χ3v) is 5.58. The second kappa shape index (κ2) is 6.02. The molecule has 0 aromatic heterocycles. The van der Waals surface area contributed by atoms with E-state index in [-0.39, 0.29) is 0 Å². The Labute approximate surface area is 122 Å². The number of carbonyl (C=O) groups excluding carboxylic acids is 1. The van der Waals surface area contributed by atoms with Gasteiger partial charge in [0.2, 0.25) is 5.91 Å². The maximum Gasteiger partial charge on any atom is 0.237 e. The van der Waals surface area contributed by atoms with Crippen LogP contribution >= 0.6 is 0 Å². The van der Waals surface area contributed by atoms with E-state index in [4.69, 9.17) is 0 Å². The molecule has 3 aliphatic rings. The zero-order chi connectivity index (χ0) is 14.1. The monoisotopic (exact) mass is 279 g/mol. The minimum Gasteiger partial charge on any atom is -0.336 e. The summed E-state index contributed by atoms with van der Waals surface area (Å²) in [6.45, 7) is 8.41. The van der Waals surface area contributed by atoms with Crippen LogP contribution in [-0.4, -0.2) is 60.0 Å². The Morgan fingerprint density at radius 2 is 1.90 bits per heavy atom. The van der Waals surface area contributed by atoms with Gasteiger partial charge >= 0.3 is 0 Å². The highest BCUT2D eigenvalue weighted by atomic mass is 16.2. The Kier molecular flexibility index (Phi) is 4.32. The molecule has 0 saturated carbocycles. The SMILES string of the molecule is CC1CCCC(C)N1C(=O)CN1CCC2NCCC2C1. The van der Waals surface area contributed by atoms with E-state index in [9.17, 15) is 4.79 Å². The number of nitrogens with one attached hydrogen (secondary N) is 1. The zero-order valence-electron chi connectivity index (χ0n) is 13.0. The molecule has 3 fully saturated rings. The first-order valence-electron chi connectivity index (χ1n) is 8.42. The lowest BCUT2D eigenvalue weighted by Crippen LogP contribution is -2.53. The second-order valence-corrected chi connectivity index (χ2v) is 7.06. The van der Waals surface area contributed by atoms with E-state index < -0.39 is 0 Å². The maximum atomic E-state index is 12.6. The van der Waals surface area contributed by atoms with Gasteiger partial charge in [-0.1, -0.05) is 0 Å². The van der Waals surface area contributed by atoms with Crippen molar-refractivity contribution in [2.24, 2.45) is 5.92 Å². The second-order valence-electron chi connectivity index (χ2n) is 7.06. The van der Waals surface area contributed by atoms with Crippen LogP contribution in [0.2, 0.25) is 0 Å². The molecule has 1 N–H and O–H groups in total. The molecule has 3 rings (SSSR count). The first-order valence-corrected chi connectivity index (χ1v) is 8.42. The van der Waals surface area contributed by atoms with Crippen molar-refractivity contribution >= 4 is 5.91 Å². The Hall–Kier alpha value is -0.610. The summed E-state index contributed by atoms with van der Waals surface area (Å²) in [4.78, 5) is 17.2. The van der Waals surface area contributed by atoms with E-state index in [1.54, 1.807) is 0 Å². The molecular formula is C16H29N3O. The number of amides is 1. The van der Waals surface area contributed by atoms with Crippen LogP contribution in [0.4, 0.5) is 0 Å². The van der Waals surface area contributed by atoms with Crippen molar-refractivity contribution in [1.29, 1.82) is 0 Å². The van der Waals surface area contributed by atoms with Crippen LogP contribution in [0.3, 0.4) is 0 Å². The van der Waals surface area contributed by atoms with Crippen LogP contribution in [-0.2, 0) is 4.79 Å². The summed E-state index contributed by atoms with van der Waals surface area (Å²) < 4.78 is 0. The largest absolute Gasteiger partial charge is 0.336 e. The van der Waals surface area contributed by atoms with Gasteiger partial charge in [-0.25, -0.2) is 0 Å². The Bertz CT molecular complexity index is 350. The molecule has 3 aliphatic heterocycles. The lowest BCUT2D eigenvalue weighted by molar-refractivity contribution is -0.139. The topological polar surface area (TPSA) is 35.6 Å². The molecule has 0 spiro atoms. The summed E-state index contributed by atoms with van der Waals surface area (Å²) in [5.74, 6) is 1.13. The van der Waals surface area contributed by atoms with Crippen molar-refractivity contribution in [2.45, 2.75) is 64.1 Å². The van der Waals surface area contributed by atoms with Crippen LogP contribution in [0.5, 0.6) is 0 Å². The Balaban J connectivity index is 1.55. The van der Waals surface area contributed by atoms with Crippen LogP contribution in [0, 0.1) is 5.92 Å². The van der Waals surface area contributed by atoms with Gasteiger partial charge in [0.15, 0.2) is 0 Å². The lowest BCUT2D eigenvalue weighted by atomic mass is 9.93. The van der Waals surface area contributed by atoms with Crippen LogP contribution in [0.1, 0.15) is 46.0 Å². The third-order valence-electron chi connectivity index (χ3n) is 5.58. The fourth-order valence-electron chi connectivity index (χ4n) is 4.45. The first-order chi connectivity index (χ1) is 9.65. The van der Waals surface area contributed by atoms with Crippen molar-refractivity contribution in [3.05, 3.63) is 0 Å². The summed E-state index contributed by atoms with van der Waals surface area (Å²) in [6.07, 6.45) is 6.11. The molecule has 20 heavy (non-hydrogen) atoms. The van der Waals surface area contributed by atoms with E-state index in [0.717, 1.165) is 25.6 Å². The van der Waals surface area contributed by atoms with E-state index in [0.29, 0.717) is 30.6 Å². The number of carbonyl (C=O) groups is 1. The molecule has 4 heteroatoms. The van der Waals surface area contributed by atoms with Crippen LogP contribution < -0.4 is 5.32 Å². The number of fused-ring (bicyclic) bond motifs is 1. The summed E-state index contributed by atoms with van der Waals surface area (Å²) >= 11 is 0. The molecule has 0 aromatic carbocycles. The molecule has 0 aromatic rings. The molecule has 3 saturated heterocycles. The number of nitrogens with zero attached hydrogens (tertiary/aromatic N) is 2. The zero-order valence-corrected chi connectivity index (χ0v) is 13.0. The summed E-state index contributed by atoms with van der Waals surface area (Å²) in [5.41, 5.74) is 0. The van der Waals surface area contributed by atoms with E-state index in [2.05, 4.69) is 29.0 Å². The predicted octanol–water partition coefficient (Wildman–Crippen LogP) is 1.46. The molecule has 4 nitrogen and oxygen atoms in total. The van der Waals surface area contributed by atoms with Crippen molar-refractivity contribution in [3.8, 4) is 0 Å². The smallest absolute Gasteiger partial charge is 0.237 e. The van der Waals surface area contributed by atoms with Crippen LogP contribution in [0.25, 0.3) is 0 Å². The molecule has 4 unspecified atom stereocenters. The van der Waals surface area contributed by atoms with Gasteiger partial charge in [0.1, 0.15) is 0 Å². The van der Waals surface area contributed by atoms with Crippen molar-refractivity contribution in [3.63, 3.8) is 0 Å².